The Bertz CT molecular complexity index is 1580. The number of hydrogen-bond donors (Lipinski definition) is 2. The van der Waals surface area contributed by atoms with Crippen molar-refractivity contribution < 1.29 is 9.53 Å². The molecular weight excluding hydrogens is 490 g/mol. The second kappa shape index (κ2) is 11.3. The van der Waals surface area contributed by atoms with Gasteiger partial charge in [-0.2, -0.15) is 0 Å². The number of thiocarbonyl (C=S) groups is 1. The molecule has 0 aliphatic carbocycles. The zero-order valence-corrected chi connectivity index (χ0v) is 21.9. The minimum absolute atomic E-state index is 0.141. The summed E-state index contributed by atoms with van der Waals surface area (Å²) >= 11 is 5.18. The average Bonchev–Trinajstić information content (AvgIpc) is 3.30. The van der Waals surface area contributed by atoms with E-state index < -0.39 is 0 Å². The molecular formula is C32H29N3O2S. The van der Waals surface area contributed by atoms with Crippen molar-refractivity contribution >= 4 is 34.0 Å². The number of rotatable bonds is 9. The van der Waals surface area contributed by atoms with Crippen molar-refractivity contribution in [1.29, 1.82) is 0 Å². The molecule has 0 saturated carbocycles. The highest BCUT2D eigenvalue weighted by atomic mass is 32.1. The van der Waals surface area contributed by atoms with E-state index in [2.05, 4.69) is 5.32 Å². The van der Waals surface area contributed by atoms with Gasteiger partial charge in [0.1, 0.15) is 23.0 Å². The number of benzene rings is 4. The number of ether oxygens (including phenoxy) is 1. The molecule has 0 radical (unpaired) electrons. The largest absolute Gasteiger partial charge is 0.489 e. The normalized spacial score (nSPS) is 11.7. The second-order valence-corrected chi connectivity index (χ2v) is 9.72. The predicted octanol–water partition coefficient (Wildman–Crippen LogP) is 6.39. The van der Waals surface area contributed by atoms with Crippen LogP contribution in [0.3, 0.4) is 0 Å². The summed E-state index contributed by atoms with van der Waals surface area (Å²) in [7, 11) is 0. The Hall–Kier alpha value is -4.42. The van der Waals surface area contributed by atoms with E-state index in [9.17, 15) is 4.79 Å². The molecule has 38 heavy (non-hydrogen) atoms. The monoisotopic (exact) mass is 519 g/mol. The van der Waals surface area contributed by atoms with Crippen LogP contribution in [-0.4, -0.2) is 15.5 Å². The molecule has 1 aromatic heterocycles. The van der Waals surface area contributed by atoms with Crippen LogP contribution in [0.1, 0.15) is 45.7 Å². The van der Waals surface area contributed by atoms with Crippen LogP contribution in [0.15, 0.2) is 109 Å². The van der Waals surface area contributed by atoms with Gasteiger partial charge in [-0.25, -0.2) is 0 Å². The van der Waals surface area contributed by atoms with Crippen molar-refractivity contribution in [3.63, 3.8) is 0 Å². The number of nitrogens with zero attached hydrogens (tertiary/aromatic N) is 1. The quantitative estimate of drug-likeness (QED) is 0.221. The van der Waals surface area contributed by atoms with Gasteiger partial charge >= 0.3 is 0 Å². The summed E-state index contributed by atoms with van der Waals surface area (Å²) in [6.45, 7) is 2.95. The lowest BCUT2D eigenvalue weighted by Gasteiger charge is -2.16. The van der Waals surface area contributed by atoms with Gasteiger partial charge in [-0.05, 0) is 53.9 Å². The number of aromatic nitrogens is 1. The second-order valence-electron chi connectivity index (χ2n) is 9.28. The SMILES string of the molecule is C[C@H](NC(=O)c1cc2cc(OCc3ccccc3)ccc2n1Cc1cccc(C(N)=S)c1)c1ccccc1. The molecule has 0 unspecified atom stereocenters. The number of nitrogens with one attached hydrogen (secondary N) is 1. The summed E-state index contributed by atoms with van der Waals surface area (Å²) in [6.07, 6.45) is 0. The van der Waals surface area contributed by atoms with Gasteiger partial charge in [0.2, 0.25) is 0 Å². The van der Waals surface area contributed by atoms with E-state index in [0.29, 0.717) is 23.8 Å². The zero-order chi connectivity index (χ0) is 26.5. The molecule has 1 atom stereocenters. The van der Waals surface area contributed by atoms with Crippen molar-refractivity contribution in [2.75, 3.05) is 0 Å². The van der Waals surface area contributed by atoms with Crippen LogP contribution in [0.5, 0.6) is 5.75 Å². The molecule has 3 N–H and O–H groups in total. The molecule has 0 fully saturated rings. The van der Waals surface area contributed by atoms with E-state index in [1.54, 1.807) is 0 Å². The fraction of sp³-hybridized carbons (Fsp3) is 0.125. The van der Waals surface area contributed by atoms with Crippen molar-refractivity contribution in [2.24, 2.45) is 5.73 Å². The van der Waals surface area contributed by atoms with E-state index in [1.165, 1.54) is 0 Å². The molecule has 1 amide bonds. The Morgan fingerprint density at radius 2 is 1.61 bits per heavy atom. The molecule has 0 aliphatic heterocycles. The third-order valence-electron chi connectivity index (χ3n) is 6.55. The van der Waals surface area contributed by atoms with Crippen LogP contribution in [0.2, 0.25) is 0 Å². The van der Waals surface area contributed by atoms with E-state index >= 15 is 0 Å². The van der Waals surface area contributed by atoms with Gasteiger partial charge in [0, 0.05) is 23.0 Å². The Morgan fingerprint density at radius 3 is 2.34 bits per heavy atom. The summed E-state index contributed by atoms with van der Waals surface area (Å²) < 4.78 is 8.08. The highest BCUT2D eigenvalue weighted by Gasteiger charge is 2.19. The molecule has 4 aromatic carbocycles. The van der Waals surface area contributed by atoms with Gasteiger partial charge in [0.15, 0.2) is 0 Å². The number of carbonyl (C=O) groups is 1. The van der Waals surface area contributed by atoms with Crippen LogP contribution in [0.25, 0.3) is 10.9 Å². The summed E-state index contributed by atoms with van der Waals surface area (Å²) in [5, 5.41) is 4.09. The van der Waals surface area contributed by atoms with Crippen LogP contribution < -0.4 is 15.8 Å². The number of carbonyl (C=O) groups excluding carboxylic acids is 1. The van der Waals surface area contributed by atoms with Gasteiger partial charge in [-0.1, -0.05) is 91.1 Å². The third-order valence-corrected chi connectivity index (χ3v) is 6.79. The first-order valence-corrected chi connectivity index (χ1v) is 12.9. The van der Waals surface area contributed by atoms with E-state index in [0.717, 1.165) is 38.9 Å². The van der Waals surface area contributed by atoms with Gasteiger partial charge in [0.05, 0.1) is 6.04 Å². The fourth-order valence-corrected chi connectivity index (χ4v) is 4.67. The number of fused-ring (bicyclic) bond motifs is 1. The molecule has 5 nitrogen and oxygen atoms in total. The van der Waals surface area contributed by atoms with Crippen molar-refractivity contribution in [3.05, 3.63) is 137 Å². The Balaban J connectivity index is 1.48. The molecule has 0 spiro atoms. The van der Waals surface area contributed by atoms with E-state index in [-0.39, 0.29) is 11.9 Å². The van der Waals surface area contributed by atoms with Gasteiger partial charge in [0.25, 0.3) is 5.91 Å². The summed E-state index contributed by atoms with van der Waals surface area (Å²) in [6, 6.07) is 35.5. The van der Waals surface area contributed by atoms with Crippen LogP contribution >= 0.6 is 12.2 Å². The van der Waals surface area contributed by atoms with Crippen molar-refractivity contribution in [1.82, 2.24) is 9.88 Å². The maximum Gasteiger partial charge on any atom is 0.268 e. The summed E-state index contributed by atoms with van der Waals surface area (Å²) in [5.41, 5.74) is 11.3. The lowest BCUT2D eigenvalue weighted by atomic mass is 10.1. The van der Waals surface area contributed by atoms with Crippen molar-refractivity contribution in [2.45, 2.75) is 26.1 Å². The maximum absolute atomic E-state index is 13.6. The first kappa shape index (κ1) is 25.2. The lowest BCUT2D eigenvalue weighted by Crippen LogP contribution is -2.28. The van der Waals surface area contributed by atoms with Gasteiger partial charge < -0.3 is 20.4 Å². The maximum atomic E-state index is 13.6. The van der Waals surface area contributed by atoms with Gasteiger partial charge in [-0.3, -0.25) is 4.79 Å². The number of nitrogens with two attached hydrogens (primary N) is 1. The smallest absolute Gasteiger partial charge is 0.268 e. The van der Waals surface area contributed by atoms with Crippen LogP contribution in [-0.2, 0) is 13.2 Å². The fourth-order valence-electron chi connectivity index (χ4n) is 4.54. The minimum atomic E-state index is -0.144. The highest BCUT2D eigenvalue weighted by molar-refractivity contribution is 7.80. The minimum Gasteiger partial charge on any atom is -0.489 e. The topological polar surface area (TPSA) is 69.3 Å². The molecule has 0 aliphatic rings. The first-order valence-electron chi connectivity index (χ1n) is 12.5. The molecule has 5 aromatic rings. The summed E-state index contributed by atoms with van der Waals surface area (Å²) in [4.78, 5) is 13.9. The Labute approximate surface area is 227 Å². The average molecular weight is 520 g/mol. The Morgan fingerprint density at radius 1 is 0.895 bits per heavy atom. The first-order chi connectivity index (χ1) is 18.5. The van der Waals surface area contributed by atoms with E-state index in [1.807, 2.05) is 121 Å². The van der Waals surface area contributed by atoms with Gasteiger partial charge in [-0.15, -0.1) is 0 Å². The molecule has 1 heterocycles. The molecule has 0 bridgehead atoms. The molecule has 6 heteroatoms. The highest BCUT2D eigenvalue weighted by Crippen LogP contribution is 2.27. The third kappa shape index (κ3) is 5.76. The molecule has 190 valence electrons. The van der Waals surface area contributed by atoms with Crippen molar-refractivity contribution in [3.8, 4) is 5.75 Å². The predicted molar refractivity (Wildman–Crippen MR) is 156 cm³/mol. The zero-order valence-electron chi connectivity index (χ0n) is 21.1. The van der Waals surface area contributed by atoms with E-state index in [4.69, 9.17) is 22.7 Å². The molecule has 5 rings (SSSR count). The summed E-state index contributed by atoms with van der Waals surface area (Å²) in [5.74, 6) is 0.605. The number of amides is 1. The van der Waals surface area contributed by atoms with Crippen LogP contribution in [0.4, 0.5) is 0 Å². The molecule has 0 saturated heterocycles. The lowest BCUT2D eigenvalue weighted by molar-refractivity contribution is 0.0931. The Kier molecular flexibility index (Phi) is 7.52. The number of hydrogen-bond acceptors (Lipinski definition) is 3. The van der Waals surface area contributed by atoms with Crippen LogP contribution in [0, 0.1) is 0 Å². The standard InChI is InChI=1S/C32H29N3O2S/c1-22(25-12-6-3-7-13-25)34-32(36)30-19-27-18-28(37-21-23-9-4-2-5-10-23)15-16-29(27)35(30)20-24-11-8-14-26(17-24)31(33)38/h2-19,22H,20-21H2,1H3,(H2,33,38)(H,34,36)/t22-/m0/s1.